The van der Waals surface area contributed by atoms with E-state index in [4.69, 9.17) is 9.47 Å². The van der Waals surface area contributed by atoms with Gasteiger partial charge in [-0.25, -0.2) is 4.79 Å². The van der Waals surface area contributed by atoms with Gasteiger partial charge in [0.15, 0.2) is 0 Å². The lowest BCUT2D eigenvalue weighted by Crippen LogP contribution is -2.05. The zero-order valence-electron chi connectivity index (χ0n) is 12.6. The molecular formula is C16H15NO5S. The first-order chi connectivity index (χ1) is 11.1. The molecule has 0 amide bonds. The maximum atomic E-state index is 11.8. The van der Waals surface area contributed by atoms with Crippen LogP contribution in [-0.4, -0.2) is 25.1 Å². The molecule has 0 bridgehead atoms. The molecule has 0 fully saturated rings. The van der Waals surface area contributed by atoms with Gasteiger partial charge in [0.05, 0.1) is 24.7 Å². The molecule has 2 aromatic carbocycles. The first-order valence-corrected chi connectivity index (χ1v) is 7.66. The molecule has 0 aromatic heterocycles. The summed E-state index contributed by atoms with van der Waals surface area (Å²) in [6.45, 7) is 0. The molecule has 2 rings (SSSR count). The number of hydrogen-bond donors (Lipinski definition) is 0. The lowest BCUT2D eigenvalue weighted by molar-refractivity contribution is -0.387. The van der Waals surface area contributed by atoms with Crippen LogP contribution in [0.1, 0.15) is 15.9 Å². The summed E-state index contributed by atoms with van der Waals surface area (Å²) in [6.07, 6.45) is 0. The monoisotopic (exact) mass is 333 g/mol. The van der Waals surface area contributed by atoms with Crippen LogP contribution in [0, 0.1) is 10.1 Å². The van der Waals surface area contributed by atoms with Gasteiger partial charge in [0.2, 0.25) is 0 Å². The fourth-order valence-electron chi connectivity index (χ4n) is 1.97. The SMILES string of the molecule is COC(=O)c1cccc([N+](=O)[O-])c1SCc1ccc(OC)cc1. The molecule has 0 spiro atoms. The van der Waals surface area contributed by atoms with Crippen molar-refractivity contribution in [3.8, 4) is 5.75 Å². The van der Waals surface area contributed by atoms with E-state index in [0.29, 0.717) is 10.6 Å². The van der Waals surface area contributed by atoms with Crippen molar-refractivity contribution in [2.75, 3.05) is 14.2 Å². The Morgan fingerprint density at radius 1 is 1.17 bits per heavy atom. The van der Waals surface area contributed by atoms with E-state index in [1.54, 1.807) is 7.11 Å². The molecule has 0 aliphatic heterocycles. The van der Waals surface area contributed by atoms with Crippen LogP contribution in [0.25, 0.3) is 0 Å². The van der Waals surface area contributed by atoms with Gasteiger partial charge in [0.25, 0.3) is 5.69 Å². The molecule has 120 valence electrons. The summed E-state index contributed by atoms with van der Waals surface area (Å²) in [4.78, 5) is 22.8. The van der Waals surface area contributed by atoms with Crippen LogP contribution in [0.5, 0.6) is 5.75 Å². The lowest BCUT2D eigenvalue weighted by atomic mass is 10.2. The third-order valence-electron chi connectivity index (χ3n) is 3.14. The zero-order valence-corrected chi connectivity index (χ0v) is 13.5. The van der Waals surface area contributed by atoms with Crippen molar-refractivity contribution in [2.45, 2.75) is 10.6 Å². The molecule has 23 heavy (non-hydrogen) atoms. The Bertz CT molecular complexity index is 715. The standard InChI is InChI=1S/C16H15NO5S/c1-21-12-8-6-11(7-9-12)10-23-15-13(16(18)22-2)4-3-5-14(15)17(19)20/h3-9H,10H2,1-2H3. The average Bonchev–Trinajstić information content (AvgIpc) is 2.59. The molecular weight excluding hydrogens is 318 g/mol. The highest BCUT2D eigenvalue weighted by atomic mass is 32.2. The number of thioether (sulfide) groups is 1. The van der Waals surface area contributed by atoms with Crippen LogP contribution in [0.15, 0.2) is 47.4 Å². The van der Waals surface area contributed by atoms with Gasteiger partial charge in [-0.3, -0.25) is 10.1 Å². The first kappa shape index (κ1) is 16.8. The van der Waals surface area contributed by atoms with Crippen LogP contribution in [0.4, 0.5) is 5.69 Å². The summed E-state index contributed by atoms with van der Waals surface area (Å²) < 4.78 is 9.79. The number of nitro benzene ring substituents is 1. The largest absolute Gasteiger partial charge is 0.497 e. The molecule has 0 saturated heterocycles. The minimum Gasteiger partial charge on any atom is -0.497 e. The normalized spacial score (nSPS) is 10.2. The van der Waals surface area contributed by atoms with E-state index in [-0.39, 0.29) is 11.3 Å². The molecule has 7 heteroatoms. The highest BCUT2D eigenvalue weighted by molar-refractivity contribution is 7.98. The Kier molecular flexibility index (Phi) is 5.59. The number of carbonyl (C=O) groups is 1. The summed E-state index contributed by atoms with van der Waals surface area (Å²) in [5.41, 5.74) is 1.05. The van der Waals surface area contributed by atoms with Crippen molar-refractivity contribution in [2.24, 2.45) is 0 Å². The van der Waals surface area contributed by atoms with E-state index >= 15 is 0 Å². The van der Waals surface area contributed by atoms with E-state index in [1.165, 1.54) is 37.1 Å². The number of esters is 1. The first-order valence-electron chi connectivity index (χ1n) is 6.68. The number of rotatable bonds is 6. The van der Waals surface area contributed by atoms with Crippen molar-refractivity contribution in [3.63, 3.8) is 0 Å². The molecule has 0 aliphatic carbocycles. The van der Waals surface area contributed by atoms with E-state index in [1.807, 2.05) is 24.3 Å². The summed E-state index contributed by atoms with van der Waals surface area (Å²) >= 11 is 1.23. The molecule has 0 N–H and O–H groups in total. The highest BCUT2D eigenvalue weighted by Gasteiger charge is 2.22. The summed E-state index contributed by atoms with van der Waals surface area (Å²) in [6, 6.07) is 11.8. The van der Waals surface area contributed by atoms with E-state index < -0.39 is 10.9 Å². The summed E-state index contributed by atoms with van der Waals surface area (Å²) in [7, 11) is 2.83. The summed E-state index contributed by atoms with van der Waals surface area (Å²) in [5, 5.41) is 11.2. The second-order valence-electron chi connectivity index (χ2n) is 4.54. The van der Waals surface area contributed by atoms with Gasteiger partial charge in [0.1, 0.15) is 10.6 Å². The molecule has 0 atom stereocenters. The number of benzene rings is 2. The van der Waals surface area contributed by atoms with Gasteiger partial charge in [-0.05, 0) is 23.8 Å². The Morgan fingerprint density at radius 2 is 1.87 bits per heavy atom. The van der Waals surface area contributed by atoms with Crippen LogP contribution in [0.2, 0.25) is 0 Å². The van der Waals surface area contributed by atoms with Crippen molar-refractivity contribution in [1.29, 1.82) is 0 Å². The van der Waals surface area contributed by atoms with Gasteiger partial charge in [-0.2, -0.15) is 0 Å². The predicted molar refractivity (Wildman–Crippen MR) is 87.0 cm³/mol. The van der Waals surface area contributed by atoms with Crippen LogP contribution >= 0.6 is 11.8 Å². The van der Waals surface area contributed by atoms with Crippen LogP contribution in [-0.2, 0) is 10.5 Å². The molecule has 0 heterocycles. The second-order valence-corrected chi connectivity index (χ2v) is 5.52. The van der Waals surface area contributed by atoms with Crippen molar-refractivity contribution >= 4 is 23.4 Å². The maximum Gasteiger partial charge on any atom is 0.339 e. The number of ether oxygens (including phenoxy) is 2. The number of carbonyl (C=O) groups excluding carboxylic acids is 1. The van der Waals surface area contributed by atoms with Crippen LogP contribution < -0.4 is 4.74 Å². The Morgan fingerprint density at radius 3 is 2.43 bits per heavy atom. The van der Waals surface area contributed by atoms with Gasteiger partial charge < -0.3 is 9.47 Å². The minimum atomic E-state index is -0.592. The van der Waals surface area contributed by atoms with Gasteiger partial charge in [-0.1, -0.05) is 18.2 Å². The van der Waals surface area contributed by atoms with Crippen molar-refractivity contribution in [1.82, 2.24) is 0 Å². The van der Waals surface area contributed by atoms with E-state index in [9.17, 15) is 14.9 Å². The molecule has 2 aromatic rings. The average molecular weight is 333 g/mol. The van der Waals surface area contributed by atoms with E-state index in [0.717, 1.165) is 11.3 Å². The van der Waals surface area contributed by atoms with Gasteiger partial charge in [-0.15, -0.1) is 11.8 Å². The van der Waals surface area contributed by atoms with Gasteiger partial charge in [0, 0.05) is 11.8 Å². The third-order valence-corrected chi connectivity index (χ3v) is 4.33. The zero-order chi connectivity index (χ0) is 16.8. The maximum absolute atomic E-state index is 11.8. The summed E-state index contributed by atoms with van der Waals surface area (Å²) in [5.74, 6) is 0.629. The van der Waals surface area contributed by atoms with Gasteiger partial charge >= 0.3 is 5.97 Å². The predicted octanol–water partition coefficient (Wildman–Crippen LogP) is 3.68. The van der Waals surface area contributed by atoms with Crippen molar-refractivity contribution in [3.05, 3.63) is 63.7 Å². The fraction of sp³-hybridized carbons (Fsp3) is 0.188. The lowest BCUT2D eigenvalue weighted by Gasteiger charge is -2.08. The molecule has 6 nitrogen and oxygen atoms in total. The quantitative estimate of drug-likeness (QED) is 0.347. The Hall–Kier alpha value is -2.54. The van der Waals surface area contributed by atoms with E-state index in [2.05, 4.69) is 0 Å². The van der Waals surface area contributed by atoms with Crippen molar-refractivity contribution < 1.29 is 19.2 Å². The Balaban J connectivity index is 2.29. The third kappa shape index (κ3) is 4.01. The highest BCUT2D eigenvalue weighted by Crippen LogP contribution is 2.35. The number of nitrogens with zero attached hydrogens (tertiary/aromatic N) is 1. The molecule has 0 unspecified atom stereocenters. The number of hydrogen-bond acceptors (Lipinski definition) is 6. The number of nitro groups is 1. The molecule has 0 aliphatic rings. The minimum absolute atomic E-state index is 0.105. The van der Waals surface area contributed by atoms with Crippen LogP contribution in [0.3, 0.4) is 0 Å². The molecule has 0 saturated carbocycles. The smallest absolute Gasteiger partial charge is 0.339 e. The Labute approximate surface area is 137 Å². The second kappa shape index (κ2) is 7.64. The fourth-order valence-corrected chi connectivity index (χ4v) is 3.07. The molecule has 0 radical (unpaired) electrons. The topological polar surface area (TPSA) is 78.7 Å². The number of methoxy groups -OCH3 is 2.